The number of amides is 2. The smallest absolute Gasteiger partial charge is 0.254 e. The van der Waals surface area contributed by atoms with Crippen LogP contribution < -0.4 is 5.32 Å². The molecule has 2 aromatic rings. The molecule has 0 spiro atoms. The third-order valence-electron chi connectivity index (χ3n) is 4.72. The summed E-state index contributed by atoms with van der Waals surface area (Å²) < 4.78 is 5.06. The molecule has 3 rings (SSSR count). The average molecular weight is 387 g/mol. The summed E-state index contributed by atoms with van der Waals surface area (Å²) in [4.78, 5) is 29.4. The van der Waals surface area contributed by atoms with Gasteiger partial charge in [-0.05, 0) is 29.0 Å². The Morgan fingerprint density at radius 2 is 2.04 bits per heavy atom. The Morgan fingerprint density at radius 3 is 2.70 bits per heavy atom. The highest BCUT2D eigenvalue weighted by atomic mass is 32.1. The molecule has 2 heterocycles. The molecule has 0 radical (unpaired) electrons. The number of carbonyl (C=O) groups excluding carboxylic acids is 2. The molecule has 2 unspecified atom stereocenters. The third-order valence-corrected chi connectivity index (χ3v) is 5.67. The number of nitrogens with zero attached hydrogens (tertiary/aromatic N) is 1. The van der Waals surface area contributed by atoms with Crippen LogP contribution >= 0.6 is 11.3 Å². The van der Waals surface area contributed by atoms with E-state index in [1.54, 1.807) is 18.4 Å². The minimum Gasteiger partial charge on any atom is -0.383 e. The van der Waals surface area contributed by atoms with E-state index in [1.165, 1.54) is 0 Å². The molecule has 1 aliphatic rings. The Labute approximate surface area is 164 Å². The number of methoxy groups -OCH3 is 1. The number of carbonyl (C=O) groups is 2. The van der Waals surface area contributed by atoms with Gasteiger partial charge < -0.3 is 15.0 Å². The van der Waals surface area contributed by atoms with Crippen LogP contribution in [0.25, 0.3) is 0 Å². The fourth-order valence-corrected chi connectivity index (χ4v) is 4.51. The molecule has 0 aliphatic carbocycles. The van der Waals surface area contributed by atoms with Gasteiger partial charge in [-0.3, -0.25) is 9.59 Å². The van der Waals surface area contributed by atoms with Crippen LogP contribution in [-0.2, 0) is 9.53 Å². The number of rotatable bonds is 7. The maximum Gasteiger partial charge on any atom is 0.254 e. The quantitative estimate of drug-likeness (QED) is 0.742. The molecular weight excluding hydrogens is 360 g/mol. The minimum absolute atomic E-state index is 0.00126. The molecule has 0 saturated heterocycles. The second-order valence-electron chi connectivity index (χ2n) is 7.16. The van der Waals surface area contributed by atoms with Gasteiger partial charge in [0.25, 0.3) is 5.91 Å². The molecule has 6 heteroatoms. The lowest BCUT2D eigenvalue weighted by Gasteiger charge is -2.42. The molecule has 27 heavy (non-hydrogen) atoms. The summed E-state index contributed by atoms with van der Waals surface area (Å²) >= 11 is 1.59. The first-order valence-corrected chi connectivity index (χ1v) is 10.1. The SMILES string of the molecule is COCCNC(=O)C1c2ccccc2C(=O)N(CC(C)C)C1c1cccs1. The molecule has 1 N–H and O–H groups in total. The fraction of sp³-hybridized carbons (Fsp3) is 0.429. The fourth-order valence-electron chi connectivity index (χ4n) is 3.63. The van der Waals surface area contributed by atoms with Gasteiger partial charge in [-0.1, -0.05) is 38.1 Å². The van der Waals surface area contributed by atoms with Crippen LogP contribution in [0.1, 0.15) is 46.6 Å². The summed E-state index contributed by atoms with van der Waals surface area (Å²) in [6.45, 7) is 5.69. The van der Waals surface area contributed by atoms with Crippen molar-refractivity contribution < 1.29 is 14.3 Å². The van der Waals surface area contributed by atoms with Gasteiger partial charge in [-0.15, -0.1) is 11.3 Å². The second-order valence-corrected chi connectivity index (χ2v) is 8.14. The molecular formula is C21H26N2O3S. The highest BCUT2D eigenvalue weighted by Crippen LogP contribution is 2.44. The van der Waals surface area contributed by atoms with E-state index in [0.717, 1.165) is 10.4 Å². The number of nitrogens with one attached hydrogen (secondary N) is 1. The maximum atomic E-state index is 13.3. The van der Waals surface area contributed by atoms with Crippen LogP contribution in [0.2, 0.25) is 0 Å². The summed E-state index contributed by atoms with van der Waals surface area (Å²) in [5.41, 5.74) is 1.42. The van der Waals surface area contributed by atoms with Gasteiger partial charge in [0, 0.05) is 30.6 Å². The predicted octanol–water partition coefficient (Wildman–Crippen LogP) is 3.45. The Morgan fingerprint density at radius 1 is 1.26 bits per heavy atom. The first kappa shape index (κ1) is 19.6. The predicted molar refractivity (Wildman–Crippen MR) is 107 cm³/mol. The van der Waals surface area contributed by atoms with Crippen molar-refractivity contribution in [3.8, 4) is 0 Å². The van der Waals surface area contributed by atoms with Crippen LogP contribution in [-0.4, -0.2) is 43.5 Å². The highest BCUT2D eigenvalue weighted by Gasteiger charge is 2.44. The number of benzene rings is 1. The molecule has 0 bridgehead atoms. The zero-order valence-corrected chi connectivity index (χ0v) is 16.8. The lowest BCUT2D eigenvalue weighted by Crippen LogP contribution is -2.48. The van der Waals surface area contributed by atoms with Crippen molar-refractivity contribution >= 4 is 23.2 Å². The average Bonchev–Trinajstić information content (AvgIpc) is 3.18. The highest BCUT2D eigenvalue weighted by molar-refractivity contribution is 7.10. The Balaban J connectivity index is 2.08. The molecule has 144 valence electrons. The van der Waals surface area contributed by atoms with E-state index < -0.39 is 5.92 Å². The summed E-state index contributed by atoms with van der Waals surface area (Å²) in [5.74, 6) is -0.204. The molecule has 2 amide bonds. The van der Waals surface area contributed by atoms with E-state index >= 15 is 0 Å². The Bertz CT molecular complexity index is 788. The zero-order chi connectivity index (χ0) is 19.4. The van der Waals surface area contributed by atoms with Gasteiger partial charge in [0.15, 0.2) is 0 Å². The molecule has 2 atom stereocenters. The number of thiophene rings is 1. The molecule has 1 aromatic heterocycles. The first-order chi connectivity index (χ1) is 13.0. The topological polar surface area (TPSA) is 58.6 Å². The normalized spacial score (nSPS) is 19.3. The summed E-state index contributed by atoms with van der Waals surface area (Å²) in [7, 11) is 1.61. The number of hydrogen-bond donors (Lipinski definition) is 1. The van der Waals surface area contributed by atoms with E-state index in [0.29, 0.717) is 31.2 Å². The van der Waals surface area contributed by atoms with Gasteiger partial charge in [0.05, 0.1) is 18.6 Å². The van der Waals surface area contributed by atoms with E-state index in [-0.39, 0.29) is 17.9 Å². The van der Waals surface area contributed by atoms with E-state index in [4.69, 9.17) is 4.74 Å². The van der Waals surface area contributed by atoms with Crippen molar-refractivity contribution in [2.75, 3.05) is 26.8 Å². The first-order valence-electron chi connectivity index (χ1n) is 9.24. The molecule has 1 aliphatic heterocycles. The lowest BCUT2D eigenvalue weighted by molar-refractivity contribution is -0.124. The van der Waals surface area contributed by atoms with Gasteiger partial charge >= 0.3 is 0 Å². The van der Waals surface area contributed by atoms with Crippen molar-refractivity contribution in [3.63, 3.8) is 0 Å². The van der Waals surface area contributed by atoms with Crippen molar-refractivity contribution in [1.29, 1.82) is 0 Å². The van der Waals surface area contributed by atoms with Crippen molar-refractivity contribution in [2.45, 2.75) is 25.8 Å². The summed E-state index contributed by atoms with van der Waals surface area (Å²) in [5, 5.41) is 4.97. The monoisotopic (exact) mass is 386 g/mol. The Kier molecular flexibility index (Phi) is 6.29. The standard InChI is InChI=1S/C21H26N2O3S/c1-14(2)13-23-19(17-9-6-12-27-17)18(20(24)22-10-11-26-3)15-7-4-5-8-16(15)21(23)25/h4-9,12,14,18-19H,10-11,13H2,1-3H3,(H,22,24). The largest absolute Gasteiger partial charge is 0.383 e. The van der Waals surface area contributed by atoms with Crippen molar-refractivity contribution in [1.82, 2.24) is 10.2 Å². The van der Waals surface area contributed by atoms with Crippen molar-refractivity contribution in [2.24, 2.45) is 5.92 Å². The van der Waals surface area contributed by atoms with Crippen LogP contribution in [0.5, 0.6) is 0 Å². The van der Waals surface area contributed by atoms with E-state index in [2.05, 4.69) is 19.2 Å². The van der Waals surface area contributed by atoms with Crippen LogP contribution in [0, 0.1) is 5.92 Å². The van der Waals surface area contributed by atoms with Gasteiger partial charge in [-0.25, -0.2) is 0 Å². The number of ether oxygens (including phenoxy) is 1. The van der Waals surface area contributed by atoms with Crippen LogP contribution in [0.3, 0.4) is 0 Å². The van der Waals surface area contributed by atoms with Crippen LogP contribution in [0.15, 0.2) is 41.8 Å². The maximum absolute atomic E-state index is 13.3. The number of fused-ring (bicyclic) bond motifs is 1. The summed E-state index contributed by atoms with van der Waals surface area (Å²) in [6, 6.07) is 11.2. The van der Waals surface area contributed by atoms with Gasteiger partial charge in [-0.2, -0.15) is 0 Å². The number of hydrogen-bond acceptors (Lipinski definition) is 4. The molecule has 1 aromatic carbocycles. The Hall–Kier alpha value is -2.18. The summed E-state index contributed by atoms with van der Waals surface area (Å²) in [6.07, 6.45) is 0. The molecule has 0 saturated carbocycles. The van der Waals surface area contributed by atoms with Crippen molar-refractivity contribution in [3.05, 3.63) is 57.8 Å². The lowest BCUT2D eigenvalue weighted by atomic mass is 9.81. The van der Waals surface area contributed by atoms with Crippen LogP contribution in [0.4, 0.5) is 0 Å². The van der Waals surface area contributed by atoms with E-state index in [1.807, 2.05) is 46.7 Å². The molecule has 5 nitrogen and oxygen atoms in total. The third kappa shape index (κ3) is 4.06. The second kappa shape index (κ2) is 8.67. The minimum atomic E-state index is -0.437. The van der Waals surface area contributed by atoms with E-state index in [9.17, 15) is 9.59 Å². The molecule has 0 fully saturated rings. The zero-order valence-electron chi connectivity index (χ0n) is 16.0. The van der Waals surface area contributed by atoms with Gasteiger partial charge in [0.2, 0.25) is 5.91 Å². The van der Waals surface area contributed by atoms with Gasteiger partial charge in [0.1, 0.15) is 0 Å².